The molecule has 0 bridgehead atoms. The standard InChI is InChI=1S/C12H18F3N5O/c1-20-5-2-3-8(20)4-6-21-10-7-9(19-16)17-11(18-10)12(13,14)15/h7-8H,2-6,16H2,1H3,(H,17,18,19). The molecule has 2 rings (SSSR count). The molecule has 3 N–H and O–H groups in total. The Hall–Kier alpha value is -1.61. The van der Waals surface area contributed by atoms with Crippen LogP contribution in [0.2, 0.25) is 0 Å². The monoisotopic (exact) mass is 305 g/mol. The van der Waals surface area contributed by atoms with E-state index in [0.717, 1.165) is 25.8 Å². The molecule has 0 saturated carbocycles. The molecule has 0 spiro atoms. The number of alkyl halides is 3. The maximum atomic E-state index is 12.6. The number of rotatable bonds is 5. The van der Waals surface area contributed by atoms with Gasteiger partial charge in [0.05, 0.1) is 6.61 Å². The number of halogens is 3. The first kappa shape index (κ1) is 15.8. The Balaban J connectivity index is 1.98. The zero-order valence-corrected chi connectivity index (χ0v) is 11.7. The van der Waals surface area contributed by atoms with Crippen LogP contribution < -0.4 is 16.0 Å². The molecular formula is C12H18F3N5O. The Bertz CT molecular complexity index is 482. The number of nitrogens with two attached hydrogens (primary N) is 1. The van der Waals surface area contributed by atoms with Crippen molar-refractivity contribution in [1.82, 2.24) is 14.9 Å². The fraction of sp³-hybridized carbons (Fsp3) is 0.667. The number of hydrogen-bond acceptors (Lipinski definition) is 6. The van der Waals surface area contributed by atoms with Crippen molar-refractivity contribution in [2.24, 2.45) is 5.84 Å². The van der Waals surface area contributed by atoms with Crippen molar-refractivity contribution in [2.75, 3.05) is 25.6 Å². The maximum Gasteiger partial charge on any atom is 0.451 e. The smallest absolute Gasteiger partial charge is 0.451 e. The largest absolute Gasteiger partial charge is 0.477 e. The number of nitrogen functional groups attached to an aromatic ring is 1. The van der Waals surface area contributed by atoms with Crippen LogP contribution in [0.25, 0.3) is 0 Å². The lowest BCUT2D eigenvalue weighted by Gasteiger charge is -2.19. The van der Waals surface area contributed by atoms with Gasteiger partial charge in [-0.1, -0.05) is 0 Å². The first-order valence-electron chi connectivity index (χ1n) is 6.66. The highest BCUT2D eigenvalue weighted by atomic mass is 19.4. The molecule has 2 heterocycles. The van der Waals surface area contributed by atoms with E-state index in [4.69, 9.17) is 10.6 Å². The number of likely N-dealkylation sites (tertiary alicyclic amines) is 1. The van der Waals surface area contributed by atoms with Gasteiger partial charge in [-0.2, -0.15) is 18.2 Å². The topological polar surface area (TPSA) is 76.3 Å². The summed E-state index contributed by atoms with van der Waals surface area (Å²) in [5, 5.41) is 0. The molecule has 1 atom stereocenters. The number of nitrogens with zero attached hydrogens (tertiary/aromatic N) is 3. The summed E-state index contributed by atoms with van der Waals surface area (Å²) in [6.07, 6.45) is -1.69. The zero-order valence-electron chi connectivity index (χ0n) is 11.7. The van der Waals surface area contributed by atoms with Gasteiger partial charge in [-0.05, 0) is 32.9 Å². The van der Waals surface area contributed by atoms with E-state index in [1.165, 1.54) is 6.07 Å². The normalized spacial score (nSPS) is 19.8. The van der Waals surface area contributed by atoms with Gasteiger partial charge < -0.3 is 15.1 Å². The molecule has 1 aliphatic rings. The first-order chi connectivity index (χ1) is 9.90. The van der Waals surface area contributed by atoms with Gasteiger partial charge in [0.2, 0.25) is 11.7 Å². The molecular weight excluding hydrogens is 287 g/mol. The molecule has 1 aliphatic heterocycles. The Morgan fingerprint density at radius 1 is 1.48 bits per heavy atom. The van der Waals surface area contributed by atoms with Crippen LogP contribution in [0.1, 0.15) is 25.1 Å². The second-order valence-corrected chi connectivity index (χ2v) is 4.97. The van der Waals surface area contributed by atoms with Gasteiger partial charge >= 0.3 is 6.18 Å². The van der Waals surface area contributed by atoms with Gasteiger partial charge in [0, 0.05) is 12.1 Å². The fourth-order valence-electron chi connectivity index (χ4n) is 2.34. The molecule has 21 heavy (non-hydrogen) atoms. The minimum Gasteiger partial charge on any atom is -0.477 e. The number of hydrogen-bond donors (Lipinski definition) is 2. The summed E-state index contributed by atoms with van der Waals surface area (Å²) in [7, 11) is 2.03. The summed E-state index contributed by atoms with van der Waals surface area (Å²) in [5.74, 6) is 3.57. The van der Waals surface area contributed by atoms with Crippen LogP contribution in [0.5, 0.6) is 5.88 Å². The highest BCUT2D eigenvalue weighted by Gasteiger charge is 2.35. The maximum absolute atomic E-state index is 12.6. The number of nitrogens with one attached hydrogen (secondary N) is 1. The summed E-state index contributed by atoms with van der Waals surface area (Å²) in [4.78, 5) is 8.85. The molecule has 1 fully saturated rings. The lowest BCUT2D eigenvalue weighted by Crippen LogP contribution is -2.26. The highest BCUT2D eigenvalue weighted by Crippen LogP contribution is 2.28. The van der Waals surface area contributed by atoms with Gasteiger partial charge in [-0.3, -0.25) is 0 Å². The van der Waals surface area contributed by atoms with Crippen molar-refractivity contribution in [1.29, 1.82) is 0 Å². The molecule has 118 valence electrons. The summed E-state index contributed by atoms with van der Waals surface area (Å²) in [6, 6.07) is 1.65. The first-order valence-corrected chi connectivity index (χ1v) is 6.66. The molecule has 1 unspecified atom stereocenters. The van der Waals surface area contributed by atoms with Crippen LogP contribution in [0, 0.1) is 0 Å². The average molecular weight is 305 g/mol. The lowest BCUT2D eigenvalue weighted by atomic mass is 10.1. The Labute approximate surface area is 120 Å². The van der Waals surface area contributed by atoms with E-state index in [0.29, 0.717) is 12.6 Å². The third-order valence-electron chi connectivity index (χ3n) is 3.48. The number of hydrazine groups is 1. The highest BCUT2D eigenvalue weighted by molar-refractivity contribution is 5.37. The van der Waals surface area contributed by atoms with Gasteiger partial charge in [-0.25, -0.2) is 10.8 Å². The average Bonchev–Trinajstić information content (AvgIpc) is 2.83. The molecule has 1 saturated heterocycles. The van der Waals surface area contributed by atoms with E-state index in [2.05, 4.69) is 20.3 Å². The van der Waals surface area contributed by atoms with E-state index in [1.54, 1.807) is 0 Å². The van der Waals surface area contributed by atoms with Crippen molar-refractivity contribution in [3.05, 3.63) is 11.9 Å². The third kappa shape index (κ3) is 4.18. The Morgan fingerprint density at radius 3 is 2.81 bits per heavy atom. The van der Waals surface area contributed by atoms with Crippen molar-refractivity contribution < 1.29 is 17.9 Å². The fourth-order valence-corrected chi connectivity index (χ4v) is 2.34. The third-order valence-corrected chi connectivity index (χ3v) is 3.48. The van der Waals surface area contributed by atoms with E-state index >= 15 is 0 Å². The summed E-state index contributed by atoms with van der Waals surface area (Å²) in [6.45, 7) is 1.34. The van der Waals surface area contributed by atoms with Gasteiger partial charge in [0.15, 0.2) is 0 Å². The molecule has 0 aromatic carbocycles. The van der Waals surface area contributed by atoms with Gasteiger partial charge in [0.1, 0.15) is 5.82 Å². The molecule has 0 radical (unpaired) electrons. The lowest BCUT2D eigenvalue weighted by molar-refractivity contribution is -0.145. The summed E-state index contributed by atoms with van der Waals surface area (Å²) in [5.41, 5.74) is 2.08. The van der Waals surface area contributed by atoms with Crippen LogP contribution in [-0.4, -0.2) is 41.1 Å². The predicted molar refractivity (Wildman–Crippen MR) is 70.6 cm³/mol. The van der Waals surface area contributed by atoms with E-state index in [9.17, 15) is 13.2 Å². The Kier molecular flexibility index (Phi) is 4.84. The van der Waals surface area contributed by atoms with E-state index in [1.807, 2.05) is 7.05 Å². The van der Waals surface area contributed by atoms with Crippen LogP contribution >= 0.6 is 0 Å². The van der Waals surface area contributed by atoms with Crippen molar-refractivity contribution in [3.63, 3.8) is 0 Å². The molecule has 0 aliphatic carbocycles. The van der Waals surface area contributed by atoms with E-state index in [-0.39, 0.29) is 11.7 Å². The predicted octanol–water partition coefficient (Wildman–Crippen LogP) is 1.64. The number of anilines is 1. The SMILES string of the molecule is CN1CCCC1CCOc1cc(NN)nc(C(F)(F)F)n1. The van der Waals surface area contributed by atoms with Crippen LogP contribution in [0.4, 0.5) is 19.0 Å². The second-order valence-electron chi connectivity index (χ2n) is 4.97. The quantitative estimate of drug-likeness (QED) is 0.636. The molecule has 9 heteroatoms. The summed E-state index contributed by atoms with van der Waals surface area (Å²) >= 11 is 0. The van der Waals surface area contributed by atoms with Crippen LogP contribution in [-0.2, 0) is 6.18 Å². The minimum absolute atomic E-state index is 0.133. The van der Waals surface area contributed by atoms with Gasteiger partial charge in [-0.15, -0.1) is 0 Å². The van der Waals surface area contributed by atoms with Gasteiger partial charge in [0.25, 0.3) is 0 Å². The zero-order chi connectivity index (χ0) is 15.5. The minimum atomic E-state index is -4.64. The van der Waals surface area contributed by atoms with Crippen LogP contribution in [0.3, 0.4) is 0 Å². The molecule has 6 nitrogen and oxygen atoms in total. The van der Waals surface area contributed by atoms with Crippen molar-refractivity contribution in [3.8, 4) is 5.88 Å². The van der Waals surface area contributed by atoms with Crippen LogP contribution in [0.15, 0.2) is 6.07 Å². The Morgan fingerprint density at radius 2 is 2.24 bits per heavy atom. The van der Waals surface area contributed by atoms with Crippen molar-refractivity contribution in [2.45, 2.75) is 31.5 Å². The summed E-state index contributed by atoms with van der Waals surface area (Å²) < 4.78 is 43.3. The molecule has 1 aromatic rings. The number of ether oxygens (including phenoxy) is 1. The van der Waals surface area contributed by atoms with Crippen molar-refractivity contribution >= 4 is 5.82 Å². The molecule has 1 aromatic heterocycles. The second kappa shape index (κ2) is 6.44. The number of aromatic nitrogens is 2. The molecule has 0 amide bonds. The van der Waals surface area contributed by atoms with E-state index < -0.39 is 12.0 Å².